The second-order valence-corrected chi connectivity index (χ2v) is 4.91. The molecule has 2 heterocycles. The Hall–Kier alpha value is -2.45. The van der Waals surface area contributed by atoms with E-state index in [-0.39, 0.29) is 24.1 Å². The van der Waals surface area contributed by atoms with E-state index < -0.39 is 24.0 Å². The Morgan fingerprint density at radius 2 is 2.26 bits per heavy atom. The summed E-state index contributed by atoms with van der Waals surface area (Å²) < 4.78 is 10.5. The highest BCUT2D eigenvalue weighted by Crippen LogP contribution is 2.37. The highest BCUT2D eigenvalue weighted by Gasteiger charge is 2.60. The van der Waals surface area contributed by atoms with Crippen LogP contribution in [0.2, 0.25) is 0 Å². The summed E-state index contributed by atoms with van der Waals surface area (Å²) in [6, 6.07) is 1.84. The van der Waals surface area contributed by atoms with Crippen LogP contribution < -0.4 is 11.5 Å². The predicted molar refractivity (Wildman–Crippen MR) is 80.5 cm³/mol. The van der Waals surface area contributed by atoms with E-state index in [1.54, 1.807) is 0 Å². The van der Waals surface area contributed by atoms with Gasteiger partial charge in [-0.1, -0.05) is 12.7 Å². The number of allylic oxidation sites excluding steroid dienone is 2. The smallest absolute Gasteiger partial charge is 0.279 e. The molecule has 0 amide bonds. The lowest BCUT2D eigenvalue weighted by Crippen LogP contribution is -2.56. The fraction of sp³-hybridized carbons (Fsp3) is 0.462. The first kappa shape index (κ1) is 16.9. The van der Waals surface area contributed by atoms with E-state index in [9.17, 15) is 15.5 Å². The standard InChI is InChI=1S/C13H18N6O4/c1-3-4-7-11(15)17-12(16)18-19(7)13(6-14)10(21)9(20)8(23-13)5-22-2/h3-4,8-10,20-21H,1,5H2,2H3,(H4,15,16,17,18)/b7-4-/t8-,9-,10-,13-/m1/s1. The first-order valence-corrected chi connectivity index (χ1v) is 6.67. The summed E-state index contributed by atoms with van der Waals surface area (Å²) in [7, 11) is 1.40. The molecule has 0 radical (unpaired) electrons. The number of hydrogen-bond donors (Lipinski definition) is 4. The first-order valence-electron chi connectivity index (χ1n) is 6.67. The number of hydrazone groups is 1. The average molecular weight is 322 g/mol. The van der Waals surface area contributed by atoms with Gasteiger partial charge in [-0.05, 0) is 6.08 Å². The van der Waals surface area contributed by atoms with Crippen molar-refractivity contribution in [2.75, 3.05) is 13.7 Å². The molecule has 1 fully saturated rings. The van der Waals surface area contributed by atoms with E-state index in [0.29, 0.717) is 0 Å². The van der Waals surface area contributed by atoms with E-state index in [0.717, 1.165) is 5.01 Å². The van der Waals surface area contributed by atoms with Gasteiger partial charge in [0.1, 0.15) is 30.1 Å². The largest absolute Gasteiger partial charge is 0.387 e. The molecule has 2 rings (SSSR count). The zero-order valence-corrected chi connectivity index (χ0v) is 12.5. The number of nitriles is 1. The number of aliphatic hydroxyl groups is 2. The molecule has 0 spiro atoms. The molecule has 0 saturated carbocycles. The summed E-state index contributed by atoms with van der Waals surface area (Å²) in [5.41, 5.74) is 9.49. The predicted octanol–water partition coefficient (Wildman–Crippen LogP) is -2.05. The molecule has 6 N–H and O–H groups in total. The van der Waals surface area contributed by atoms with E-state index in [1.165, 1.54) is 19.3 Å². The van der Waals surface area contributed by atoms with Gasteiger partial charge in [0.05, 0.1) is 6.61 Å². The van der Waals surface area contributed by atoms with Crippen molar-refractivity contribution in [1.82, 2.24) is 5.01 Å². The number of amidine groups is 1. The Bertz CT molecular complexity index is 624. The summed E-state index contributed by atoms with van der Waals surface area (Å²) in [5.74, 6) is -0.258. The van der Waals surface area contributed by atoms with E-state index in [2.05, 4.69) is 16.7 Å². The van der Waals surface area contributed by atoms with Crippen molar-refractivity contribution in [2.24, 2.45) is 21.6 Å². The third-order valence-corrected chi connectivity index (χ3v) is 3.45. The minimum atomic E-state index is -2.04. The fourth-order valence-electron chi connectivity index (χ4n) is 2.41. The summed E-state index contributed by atoms with van der Waals surface area (Å²) >= 11 is 0. The lowest BCUT2D eigenvalue weighted by molar-refractivity contribution is -0.137. The highest BCUT2D eigenvalue weighted by atomic mass is 16.6. The van der Waals surface area contributed by atoms with Crippen LogP contribution in [-0.4, -0.2) is 64.8 Å². The number of nitrogens with zero attached hydrogens (tertiary/aromatic N) is 4. The van der Waals surface area contributed by atoms with Gasteiger partial charge >= 0.3 is 0 Å². The topological polar surface area (TPSA) is 163 Å². The minimum absolute atomic E-state index is 0.0290. The van der Waals surface area contributed by atoms with Crippen LogP contribution in [0.3, 0.4) is 0 Å². The molecule has 1 saturated heterocycles. The Kier molecular flexibility index (Phi) is 4.67. The Morgan fingerprint density at radius 1 is 1.57 bits per heavy atom. The van der Waals surface area contributed by atoms with Gasteiger partial charge < -0.3 is 31.2 Å². The van der Waals surface area contributed by atoms with Crippen molar-refractivity contribution in [3.8, 4) is 6.07 Å². The second kappa shape index (κ2) is 6.35. The third kappa shape index (κ3) is 2.66. The monoisotopic (exact) mass is 322 g/mol. The molecule has 23 heavy (non-hydrogen) atoms. The van der Waals surface area contributed by atoms with Crippen LogP contribution in [0.4, 0.5) is 0 Å². The quantitative estimate of drug-likeness (QED) is 0.459. The molecule has 0 aromatic carbocycles. The summed E-state index contributed by atoms with van der Waals surface area (Å²) in [6.45, 7) is 3.52. The lowest BCUT2D eigenvalue weighted by atomic mass is 10.0. The number of ether oxygens (including phenoxy) is 2. The van der Waals surface area contributed by atoms with Crippen molar-refractivity contribution >= 4 is 11.8 Å². The van der Waals surface area contributed by atoms with Crippen molar-refractivity contribution in [3.05, 3.63) is 24.4 Å². The van der Waals surface area contributed by atoms with Gasteiger partial charge in [0.15, 0.2) is 5.84 Å². The molecule has 0 bridgehead atoms. The zero-order valence-electron chi connectivity index (χ0n) is 12.5. The maximum absolute atomic E-state index is 10.4. The van der Waals surface area contributed by atoms with Crippen molar-refractivity contribution in [1.29, 1.82) is 5.26 Å². The first-order chi connectivity index (χ1) is 10.9. The van der Waals surface area contributed by atoms with Gasteiger partial charge in [-0.2, -0.15) is 10.3 Å². The van der Waals surface area contributed by atoms with E-state index in [1.807, 2.05) is 6.07 Å². The molecule has 0 aliphatic carbocycles. The van der Waals surface area contributed by atoms with Gasteiger partial charge in [-0.25, -0.2) is 5.01 Å². The number of aliphatic hydroxyl groups excluding tert-OH is 2. The zero-order chi connectivity index (χ0) is 17.2. The molecule has 2 aliphatic heterocycles. The molecule has 10 nitrogen and oxygen atoms in total. The maximum Gasteiger partial charge on any atom is 0.279 e. The molecule has 0 unspecified atom stereocenters. The number of aliphatic imine (C=N–C) groups is 1. The highest BCUT2D eigenvalue weighted by molar-refractivity contribution is 6.05. The van der Waals surface area contributed by atoms with Crippen LogP contribution in [0.5, 0.6) is 0 Å². The second-order valence-electron chi connectivity index (χ2n) is 4.91. The van der Waals surface area contributed by atoms with Crippen LogP contribution in [-0.2, 0) is 9.47 Å². The van der Waals surface area contributed by atoms with Crippen LogP contribution in [0.1, 0.15) is 0 Å². The number of guanidine groups is 1. The molecule has 0 aromatic rings. The van der Waals surface area contributed by atoms with E-state index in [4.69, 9.17) is 20.9 Å². The molecular weight excluding hydrogens is 304 g/mol. The SMILES string of the molecule is C=C/C=C1/C(N)=NC(N)=NN1[C@]1(C#N)O[C@H](COC)[C@@H](O)[C@H]1O. The van der Waals surface area contributed by atoms with Crippen molar-refractivity contribution in [3.63, 3.8) is 0 Å². The normalized spacial score (nSPS) is 35.7. The molecule has 2 aliphatic rings. The van der Waals surface area contributed by atoms with Gasteiger partial charge in [0.2, 0.25) is 5.96 Å². The molecule has 10 heteroatoms. The van der Waals surface area contributed by atoms with Crippen LogP contribution >= 0.6 is 0 Å². The number of nitrogens with two attached hydrogens (primary N) is 2. The molecule has 4 atom stereocenters. The summed E-state index contributed by atoms with van der Waals surface area (Å²) in [6.07, 6.45) is -1.08. The van der Waals surface area contributed by atoms with E-state index >= 15 is 0 Å². The third-order valence-electron chi connectivity index (χ3n) is 3.45. The van der Waals surface area contributed by atoms with Crippen LogP contribution in [0, 0.1) is 11.3 Å². The molecule has 0 aromatic heterocycles. The lowest BCUT2D eigenvalue weighted by Gasteiger charge is -2.37. The Balaban J connectivity index is 2.51. The summed E-state index contributed by atoms with van der Waals surface area (Å²) in [4.78, 5) is 3.80. The molecule has 124 valence electrons. The van der Waals surface area contributed by atoms with Crippen molar-refractivity contribution in [2.45, 2.75) is 24.0 Å². The van der Waals surface area contributed by atoms with Gasteiger partial charge in [0, 0.05) is 7.11 Å². The number of rotatable bonds is 4. The molecular formula is C13H18N6O4. The van der Waals surface area contributed by atoms with Crippen LogP contribution in [0.15, 0.2) is 34.5 Å². The van der Waals surface area contributed by atoms with Crippen LogP contribution in [0.25, 0.3) is 0 Å². The Labute approximate surface area is 132 Å². The number of hydrogen-bond acceptors (Lipinski definition) is 10. The van der Waals surface area contributed by atoms with Crippen molar-refractivity contribution < 1.29 is 19.7 Å². The van der Waals surface area contributed by atoms with Gasteiger partial charge in [-0.3, -0.25) is 0 Å². The summed E-state index contributed by atoms with van der Waals surface area (Å²) in [5, 5.41) is 35.0. The van der Waals surface area contributed by atoms with Gasteiger partial charge in [-0.15, -0.1) is 5.10 Å². The minimum Gasteiger partial charge on any atom is -0.387 e. The fourth-order valence-corrected chi connectivity index (χ4v) is 2.41. The average Bonchev–Trinajstić information content (AvgIpc) is 2.76. The number of methoxy groups -OCH3 is 1. The van der Waals surface area contributed by atoms with Gasteiger partial charge in [0.25, 0.3) is 5.72 Å². The maximum atomic E-state index is 10.4. The Morgan fingerprint density at radius 3 is 2.83 bits per heavy atom.